The van der Waals surface area contributed by atoms with Gasteiger partial charge in [0.1, 0.15) is 11.5 Å². The molecule has 0 unspecified atom stereocenters. The number of aromatic nitrogens is 1. The normalized spacial score (nSPS) is 16.9. The van der Waals surface area contributed by atoms with Gasteiger partial charge in [-0.3, -0.25) is 19.3 Å². The molecule has 2 aliphatic heterocycles. The minimum Gasteiger partial charge on any atom is -0.363 e. The quantitative estimate of drug-likeness (QED) is 0.729. The van der Waals surface area contributed by atoms with Crippen molar-refractivity contribution in [2.45, 2.75) is 26.8 Å². The lowest BCUT2D eigenvalue weighted by Crippen LogP contribution is -2.48. The van der Waals surface area contributed by atoms with Gasteiger partial charge in [-0.15, -0.1) is 0 Å². The van der Waals surface area contributed by atoms with Gasteiger partial charge in [0.05, 0.1) is 5.57 Å². The molecule has 1 fully saturated rings. The third-order valence-electron chi connectivity index (χ3n) is 5.67. The molecule has 0 saturated carbocycles. The first-order chi connectivity index (χ1) is 15.4. The number of pyridine rings is 1. The predicted molar refractivity (Wildman–Crippen MR) is 123 cm³/mol. The number of amides is 3. The standard InChI is InChI=1S/C24H27N5O3/c1-16(2)29-23(31)21(18-7-9-19(10-8-18)26-17(3)30)22(24(29)32)28-14-12-27(13-15-28)20-6-4-5-11-25-20/h4-11,16H,12-15H2,1-3H3,(H,26,30). The SMILES string of the molecule is CC(=O)Nc1ccc(C2=C(N3CCN(c4ccccn4)CC3)C(=O)N(C(C)C)C2=O)cc1. The summed E-state index contributed by atoms with van der Waals surface area (Å²) in [6.45, 7) is 7.77. The van der Waals surface area contributed by atoms with Crippen molar-refractivity contribution in [1.29, 1.82) is 0 Å². The van der Waals surface area contributed by atoms with Crippen molar-refractivity contribution in [3.05, 3.63) is 59.9 Å². The van der Waals surface area contributed by atoms with Crippen molar-refractivity contribution in [3.63, 3.8) is 0 Å². The van der Waals surface area contributed by atoms with Crippen molar-refractivity contribution in [2.75, 3.05) is 36.4 Å². The highest BCUT2D eigenvalue weighted by Gasteiger charge is 2.43. The van der Waals surface area contributed by atoms with Gasteiger partial charge in [-0.1, -0.05) is 18.2 Å². The Morgan fingerprint density at radius 1 is 0.938 bits per heavy atom. The summed E-state index contributed by atoms with van der Waals surface area (Å²) in [4.78, 5) is 47.9. The Morgan fingerprint density at radius 2 is 1.59 bits per heavy atom. The van der Waals surface area contributed by atoms with Crippen LogP contribution in [-0.2, 0) is 14.4 Å². The topological polar surface area (TPSA) is 85.8 Å². The maximum absolute atomic E-state index is 13.3. The molecule has 1 aromatic carbocycles. The van der Waals surface area contributed by atoms with Gasteiger partial charge in [-0.05, 0) is 43.7 Å². The summed E-state index contributed by atoms with van der Waals surface area (Å²) in [5.41, 5.74) is 2.19. The highest BCUT2D eigenvalue weighted by atomic mass is 16.2. The lowest BCUT2D eigenvalue weighted by Gasteiger charge is -2.37. The maximum Gasteiger partial charge on any atom is 0.278 e. The Bertz CT molecular complexity index is 1050. The zero-order chi connectivity index (χ0) is 22.8. The van der Waals surface area contributed by atoms with E-state index in [1.54, 1.807) is 30.5 Å². The van der Waals surface area contributed by atoms with Gasteiger partial charge in [0.15, 0.2) is 0 Å². The van der Waals surface area contributed by atoms with Crippen LogP contribution in [0.4, 0.5) is 11.5 Å². The fourth-order valence-electron chi connectivity index (χ4n) is 4.18. The number of hydrogen-bond acceptors (Lipinski definition) is 6. The van der Waals surface area contributed by atoms with Crippen LogP contribution in [0.5, 0.6) is 0 Å². The fourth-order valence-corrected chi connectivity index (χ4v) is 4.18. The van der Waals surface area contributed by atoms with Crippen molar-refractivity contribution in [1.82, 2.24) is 14.8 Å². The van der Waals surface area contributed by atoms with Crippen LogP contribution in [0.1, 0.15) is 26.3 Å². The Labute approximate surface area is 187 Å². The first kappa shape index (κ1) is 21.5. The van der Waals surface area contributed by atoms with E-state index in [0.717, 1.165) is 5.82 Å². The molecule has 8 nitrogen and oxygen atoms in total. The van der Waals surface area contributed by atoms with Gasteiger partial charge in [0.2, 0.25) is 5.91 Å². The molecule has 0 radical (unpaired) electrons. The lowest BCUT2D eigenvalue weighted by atomic mass is 10.0. The highest BCUT2D eigenvalue weighted by Crippen LogP contribution is 2.34. The second-order valence-electron chi connectivity index (χ2n) is 8.22. The van der Waals surface area contributed by atoms with Gasteiger partial charge in [-0.2, -0.15) is 0 Å². The number of anilines is 2. The number of piperazine rings is 1. The van der Waals surface area contributed by atoms with E-state index in [9.17, 15) is 14.4 Å². The summed E-state index contributed by atoms with van der Waals surface area (Å²) in [5.74, 6) is 0.214. The molecular formula is C24H27N5O3. The summed E-state index contributed by atoms with van der Waals surface area (Å²) in [5, 5.41) is 2.73. The average molecular weight is 434 g/mol. The number of benzene rings is 1. The molecule has 166 valence electrons. The van der Waals surface area contributed by atoms with Crippen LogP contribution in [0.25, 0.3) is 5.57 Å². The number of nitrogens with one attached hydrogen (secondary N) is 1. The Hall–Kier alpha value is -3.68. The summed E-state index contributed by atoms with van der Waals surface area (Å²) in [6, 6.07) is 12.6. The van der Waals surface area contributed by atoms with Crippen molar-refractivity contribution >= 4 is 34.8 Å². The molecule has 1 saturated heterocycles. The molecule has 4 rings (SSSR count). The molecule has 3 heterocycles. The van der Waals surface area contributed by atoms with Gasteiger partial charge >= 0.3 is 0 Å². The van der Waals surface area contributed by atoms with Gasteiger partial charge < -0.3 is 15.1 Å². The third kappa shape index (κ3) is 4.08. The van der Waals surface area contributed by atoms with Crippen LogP contribution in [0, 0.1) is 0 Å². The number of carbonyl (C=O) groups is 3. The minimum absolute atomic E-state index is 0.165. The van der Waals surface area contributed by atoms with E-state index in [-0.39, 0.29) is 23.8 Å². The first-order valence-corrected chi connectivity index (χ1v) is 10.8. The Morgan fingerprint density at radius 3 is 2.16 bits per heavy atom. The molecule has 2 aromatic rings. The molecule has 3 amide bonds. The molecule has 2 aliphatic rings. The molecule has 8 heteroatoms. The van der Waals surface area contributed by atoms with E-state index in [4.69, 9.17) is 0 Å². The number of carbonyl (C=O) groups excluding carboxylic acids is 3. The Kier molecular flexibility index (Phi) is 5.94. The molecule has 0 atom stereocenters. The summed E-state index contributed by atoms with van der Waals surface area (Å²) in [6.07, 6.45) is 1.77. The van der Waals surface area contributed by atoms with Crippen LogP contribution in [-0.4, -0.2) is 64.7 Å². The summed E-state index contributed by atoms with van der Waals surface area (Å²) >= 11 is 0. The van der Waals surface area contributed by atoms with Gasteiger partial charge in [-0.25, -0.2) is 4.98 Å². The fraction of sp³-hybridized carbons (Fsp3) is 0.333. The Balaban J connectivity index is 1.64. The third-order valence-corrected chi connectivity index (χ3v) is 5.67. The molecule has 0 aliphatic carbocycles. The number of rotatable bonds is 5. The second-order valence-corrected chi connectivity index (χ2v) is 8.22. The van der Waals surface area contributed by atoms with E-state index in [2.05, 4.69) is 15.2 Å². The van der Waals surface area contributed by atoms with Crippen molar-refractivity contribution < 1.29 is 14.4 Å². The molecule has 1 N–H and O–H groups in total. The first-order valence-electron chi connectivity index (χ1n) is 10.8. The largest absolute Gasteiger partial charge is 0.363 e. The minimum atomic E-state index is -0.278. The molecular weight excluding hydrogens is 406 g/mol. The number of imide groups is 1. The van der Waals surface area contributed by atoms with Crippen LogP contribution in [0.3, 0.4) is 0 Å². The summed E-state index contributed by atoms with van der Waals surface area (Å²) < 4.78 is 0. The van der Waals surface area contributed by atoms with E-state index >= 15 is 0 Å². The predicted octanol–water partition coefficient (Wildman–Crippen LogP) is 2.35. The van der Waals surface area contributed by atoms with E-state index < -0.39 is 0 Å². The number of nitrogens with zero attached hydrogens (tertiary/aromatic N) is 4. The molecule has 1 aromatic heterocycles. The average Bonchev–Trinajstić information content (AvgIpc) is 3.05. The van der Waals surface area contributed by atoms with Crippen LogP contribution < -0.4 is 10.2 Å². The van der Waals surface area contributed by atoms with Gasteiger partial charge in [0.25, 0.3) is 11.8 Å². The number of hydrogen-bond donors (Lipinski definition) is 1. The van der Waals surface area contributed by atoms with Crippen molar-refractivity contribution in [2.24, 2.45) is 0 Å². The van der Waals surface area contributed by atoms with Crippen molar-refractivity contribution in [3.8, 4) is 0 Å². The zero-order valence-corrected chi connectivity index (χ0v) is 18.5. The van der Waals surface area contributed by atoms with Crippen LogP contribution >= 0.6 is 0 Å². The maximum atomic E-state index is 13.3. The zero-order valence-electron chi connectivity index (χ0n) is 18.5. The second kappa shape index (κ2) is 8.82. The molecule has 0 bridgehead atoms. The lowest BCUT2D eigenvalue weighted by molar-refractivity contribution is -0.139. The van der Waals surface area contributed by atoms with E-state index in [0.29, 0.717) is 48.7 Å². The molecule has 0 spiro atoms. The van der Waals surface area contributed by atoms with Crippen LogP contribution in [0.2, 0.25) is 0 Å². The summed E-state index contributed by atoms with van der Waals surface area (Å²) in [7, 11) is 0. The monoisotopic (exact) mass is 433 g/mol. The highest BCUT2D eigenvalue weighted by molar-refractivity contribution is 6.35. The van der Waals surface area contributed by atoms with E-state index in [1.165, 1.54) is 11.8 Å². The van der Waals surface area contributed by atoms with Crippen LogP contribution in [0.15, 0.2) is 54.4 Å². The van der Waals surface area contributed by atoms with E-state index in [1.807, 2.05) is 36.9 Å². The smallest absolute Gasteiger partial charge is 0.278 e. The van der Waals surface area contributed by atoms with Gasteiger partial charge in [0, 0.05) is 51.0 Å². The molecule has 32 heavy (non-hydrogen) atoms.